The molecule has 1 aromatic heterocycles. The highest BCUT2D eigenvalue weighted by molar-refractivity contribution is 7.28. The highest BCUT2D eigenvalue weighted by Crippen LogP contribution is 1.83. The molecule has 0 bridgehead atoms. The SMILES string of the molecule is CBc1cnc(BC)s1. The topological polar surface area (TPSA) is 12.9 Å². The van der Waals surface area contributed by atoms with Crippen molar-refractivity contribution in [2.45, 2.75) is 13.6 Å². The van der Waals surface area contributed by atoms with Gasteiger partial charge < -0.3 is 0 Å². The van der Waals surface area contributed by atoms with Crippen molar-refractivity contribution in [2.24, 2.45) is 0 Å². The van der Waals surface area contributed by atoms with Gasteiger partial charge in [0, 0.05) is 11.1 Å². The first kappa shape index (κ1) is 6.87. The largest absolute Gasteiger partial charge is 0.261 e. The number of hydrogen-bond acceptors (Lipinski definition) is 2. The Balaban J connectivity index is 2.74. The molecule has 0 unspecified atom stereocenters. The standard InChI is InChI=1S/C5H9B2NS/c1-6-4-3-8-5(7-2)9-4/h3,6-7H,1-2H3. The van der Waals surface area contributed by atoms with E-state index in [0.29, 0.717) is 0 Å². The number of hydrogen-bond donors (Lipinski definition) is 0. The zero-order chi connectivity index (χ0) is 6.69. The lowest BCUT2D eigenvalue weighted by Gasteiger charge is -1.79. The van der Waals surface area contributed by atoms with E-state index in [1.165, 1.54) is 9.68 Å². The van der Waals surface area contributed by atoms with E-state index in [9.17, 15) is 0 Å². The van der Waals surface area contributed by atoms with E-state index in [4.69, 9.17) is 0 Å². The Kier molecular flexibility index (Phi) is 2.34. The van der Waals surface area contributed by atoms with Gasteiger partial charge in [0.2, 0.25) is 0 Å². The lowest BCUT2D eigenvalue weighted by Crippen LogP contribution is -2.08. The highest BCUT2D eigenvalue weighted by Gasteiger charge is 1.96. The van der Waals surface area contributed by atoms with Crippen molar-refractivity contribution < 1.29 is 0 Å². The molecular formula is C5H9B2NS. The molecule has 0 aliphatic rings. The minimum absolute atomic E-state index is 1.07. The van der Waals surface area contributed by atoms with Crippen molar-refractivity contribution >= 4 is 35.6 Å². The van der Waals surface area contributed by atoms with Gasteiger partial charge in [0.25, 0.3) is 0 Å². The molecule has 0 radical (unpaired) electrons. The third-order valence-corrected chi connectivity index (χ3v) is 2.54. The first-order valence-electron chi connectivity index (χ1n) is 3.30. The highest BCUT2D eigenvalue weighted by atomic mass is 32.1. The molecular weight excluding hydrogens is 128 g/mol. The van der Waals surface area contributed by atoms with Gasteiger partial charge in [0.05, 0.1) is 0 Å². The molecule has 0 fully saturated rings. The van der Waals surface area contributed by atoms with Crippen LogP contribution in [-0.4, -0.2) is 19.5 Å². The van der Waals surface area contributed by atoms with Crippen LogP contribution in [0.4, 0.5) is 0 Å². The van der Waals surface area contributed by atoms with Crippen LogP contribution in [0.15, 0.2) is 6.20 Å². The van der Waals surface area contributed by atoms with Gasteiger partial charge in [0.1, 0.15) is 0 Å². The van der Waals surface area contributed by atoms with Crippen LogP contribution in [0.5, 0.6) is 0 Å². The Hall–Kier alpha value is -0.240. The van der Waals surface area contributed by atoms with Gasteiger partial charge in [0.15, 0.2) is 14.6 Å². The van der Waals surface area contributed by atoms with Crippen LogP contribution < -0.4 is 9.68 Å². The van der Waals surface area contributed by atoms with Gasteiger partial charge in [-0.15, -0.1) is 11.3 Å². The monoisotopic (exact) mass is 137 g/mol. The van der Waals surface area contributed by atoms with E-state index in [-0.39, 0.29) is 0 Å². The number of nitrogens with zero attached hydrogens (tertiary/aromatic N) is 1. The smallest absolute Gasteiger partial charge is 0.192 e. The quantitative estimate of drug-likeness (QED) is 0.494. The molecule has 4 heteroatoms. The Labute approximate surface area is 61.0 Å². The molecule has 0 saturated heterocycles. The molecule has 0 atom stereocenters. The van der Waals surface area contributed by atoms with Crippen molar-refractivity contribution in [2.75, 3.05) is 0 Å². The fraction of sp³-hybridized carbons (Fsp3) is 0.400. The second-order valence-corrected chi connectivity index (χ2v) is 3.13. The van der Waals surface area contributed by atoms with Gasteiger partial charge in [-0.25, -0.2) is 0 Å². The predicted octanol–water partition coefficient (Wildman–Crippen LogP) is -0.637. The van der Waals surface area contributed by atoms with E-state index in [0.717, 1.165) is 14.6 Å². The summed E-state index contributed by atoms with van der Waals surface area (Å²) >= 11 is 1.82. The molecule has 9 heavy (non-hydrogen) atoms. The summed E-state index contributed by atoms with van der Waals surface area (Å²) in [5, 5.41) is 0. The van der Waals surface area contributed by atoms with E-state index < -0.39 is 0 Å². The summed E-state index contributed by atoms with van der Waals surface area (Å²) in [6.07, 6.45) is 1.98. The van der Waals surface area contributed by atoms with Crippen molar-refractivity contribution in [1.82, 2.24) is 4.98 Å². The fourth-order valence-corrected chi connectivity index (χ4v) is 1.48. The number of rotatable bonds is 2. The molecule has 0 aliphatic carbocycles. The molecule has 1 nitrogen and oxygen atoms in total. The summed E-state index contributed by atoms with van der Waals surface area (Å²) in [5.74, 6) is 0. The summed E-state index contributed by atoms with van der Waals surface area (Å²) in [5.41, 5.74) is 0. The predicted molar refractivity (Wildman–Crippen MR) is 47.4 cm³/mol. The second kappa shape index (κ2) is 3.06. The maximum atomic E-state index is 4.22. The lowest BCUT2D eigenvalue weighted by molar-refractivity contribution is 1.48. The minimum atomic E-state index is 1.07. The Bertz CT molecular complexity index is 168. The average molecular weight is 137 g/mol. The van der Waals surface area contributed by atoms with Gasteiger partial charge in [-0.3, -0.25) is 4.98 Å². The zero-order valence-corrected chi connectivity index (χ0v) is 6.66. The lowest BCUT2D eigenvalue weighted by atomic mass is 9.81. The Morgan fingerprint density at radius 2 is 2.22 bits per heavy atom. The van der Waals surface area contributed by atoms with Gasteiger partial charge in [-0.1, -0.05) is 13.6 Å². The van der Waals surface area contributed by atoms with Crippen LogP contribution >= 0.6 is 11.3 Å². The maximum absolute atomic E-state index is 4.22. The second-order valence-electron chi connectivity index (χ2n) is 1.93. The van der Waals surface area contributed by atoms with Gasteiger partial charge >= 0.3 is 0 Å². The normalized spacial score (nSPS) is 9.11. The van der Waals surface area contributed by atoms with Crippen LogP contribution in [0, 0.1) is 0 Å². The molecule has 0 saturated carbocycles. The molecule has 1 heterocycles. The van der Waals surface area contributed by atoms with Gasteiger partial charge in [-0.05, 0) is 4.78 Å². The van der Waals surface area contributed by atoms with Crippen LogP contribution in [0.25, 0.3) is 0 Å². The van der Waals surface area contributed by atoms with Crippen molar-refractivity contribution in [3.8, 4) is 0 Å². The third-order valence-electron chi connectivity index (χ3n) is 1.25. The molecule has 1 rings (SSSR count). The van der Waals surface area contributed by atoms with E-state index in [1.54, 1.807) is 0 Å². The van der Waals surface area contributed by atoms with E-state index in [2.05, 4.69) is 18.6 Å². The first-order valence-corrected chi connectivity index (χ1v) is 4.12. The third kappa shape index (κ3) is 1.58. The van der Waals surface area contributed by atoms with Gasteiger partial charge in [-0.2, -0.15) is 0 Å². The summed E-state index contributed by atoms with van der Waals surface area (Å²) < 4.78 is 1.40. The molecule has 1 aromatic rings. The van der Waals surface area contributed by atoms with Crippen LogP contribution in [0.1, 0.15) is 0 Å². The number of thiazole rings is 1. The van der Waals surface area contributed by atoms with E-state index in [1.807, 2.05) is 17.5 Å². The maximum Gasteiger partial charge on any atom is 0.192 e. The average Bonchev–Trinajstić information content (AvgIpc) is 2.34. The summed E-state index contributed by atoms with van der Waals surface area (Å²) in [7, 11) is 2.20. The zero-order valence-electron chi connectivity index (χ0n) is 5.85. The Morgan fingerprint density at radius 1 is 1.44 bits per heavy atom. The summed E-state index contributed by atoms with van der Waals surface area (Å²) in [6.45, 7) is 4.30. The molecule has 46 valence electrons. The van der Waals surface area contributed by atoms with Crippen molar-refractivity contribution in [1.29, 1.82) is 0 Å². The summed E-state index contributed by atoms with van der Waals surface area (Å²) in [6, 6.07) is 0. The molecule has 0 aliphatic heterocycles. The molecule has 0 aromatic carbocycles. The van der Waals surface area contributed by atoms with Crippen LogP contribution in [0.2, 0.25) is 13.6 Å². The fourth-order valence-electron chi connectivity index (χ4n) is 0.675. The molecule has 0 spiro atoms. The van der Waals surface area contributed by atoms with E-state index >= 15 is 0 Å². The Morgan fingerprint density at radius 3 is 2.56 bits per heavy atom. The van der Waals surface area contributed by atoms with Crippen LogP contribution in [0.3, 0.4) is 0 Å². The number of aromatic nitrogens is 1. The minimum Gasteiger partial charge on any atom is -0.261 e. The summed E-state index contributed by atoms with van der Waals surface area (Å²) in [4.78, 5) is 5.48. The molecule has 0 amide bonds. The van der Waals surface area contributed by atoms with Crippen molar-refractivity contribution in [3.63, 3.8) is 0 Å². The molecule has 0 N–H and O–H groups in total. The first-order chi connectivity index (χ1) is 4.36. The van der Waals surface area contributed by atoms with Crippen LogP contribution in [-0.2, 0) is 0 Å². The van der Waals surface area contributed by atoms with Crippen molar-refractivity contribution in [3.05, 3.63) is 6.20 Å².